The van der Waals surface area contributed by atoms with Crippen LogP contribution in [0.25, 0.3) is 0 Å². The molecule has 6 heterocycles. The number of benzene rings is 2. The van der Waals surface area contributed by atoms with Gasteiger partial charge in [-0.1, -0.05) is 49.9 Å². The lowest BCUT2D eigenvalue weighted by Gasteiger charge is -2.31. The highest BCUT2D eigenvalue weighted by molar-refractivity contribution is 7.89. The smallest absolute Gasteiger partial charge is 0.252 e. The fraction of sp³-hybridized carbons (Fsp3) is 0.571. The Morgan fingerprint density at radius 3 is 1.31 bits per heavy atom. The molecule has 62 heavy (non-hydrogen) atoms. The van der Waals surface area contributed by atoms with E-state index in [0.29, 0.717) is 88.0 Å². The summed E-state index contributed by atoms with van der Waals surface area (Å²) in [7, 11) is 0.145. The van der Waals surface area contributed by atoms with E-state index in [2.05, 4.69) is 20.4 Å². The largest absolute Gasteiger partial charge is 0.309 e. The second-order valence-electron chi connectivity index (χ2n) is 17.1. The van der Waals surface area contributed by atoms with Gasteiger partial charge in [0.25, 0.3) is 11.8 Å². The Hall–Kier alpha value is -4.60. The van der Waals surface area contributed by atoms with Gasteiger partial charge >= 0.3 is 0 Å². The van der Waals surface area contributed by atoms with E-state index < -0.39 is 44.2 Å². The first-order valence-electron chi connectivity index (χ1n) is 21.7. The maximum atomic E-state index is 13.5. The topological polar surface area (TPSA) is 195 Å². The number of carbonyl (C=O) groups excluding carboxylic acids is 2. The van der Waals surface area contributed by atoms with Crippen molar-refractivity contribution in [3.8, 4) is 0 Å². The number of sulfonamides is 2. The molecule has 4 unspecified atom stereocenters. The highest BCUT2D eigenvalue weighted by Gasteiger charge is 2.45. The van der Waals surface area contributed by atoms with Crippen LogP contribution >= 0.6 is 0 Å². The molecule has 2 saturated heterocycles. The quantitative estimate of drug-likeness (QED) is 0.246. The van der Waals surface area contributed by atoms with Crippen molar-refractivity contribution in [2.24, 2.45) is 20.2 Å². The number of nitrogens with one attached hydrogen (secondary N) is 2. The van der Waals surface area contributed by atoms with Gasteiger partial charge in [0, 0.05) is 77.6 Å². The van der Waals surface area contributed by atoms with Crippen molar-refractivity contribution in [2.45, 2.75) is 85.3 Å². The number of unbranched alkanes of at least 4 members (excludes halogenated alkanes) is 5. The number of rotatable bonds is 15. The lowest BCUT2D eigenvalue weighted by Crippen LogP contribution is -2.54. The zero-order chi connectivity index (χ0) is 43.8. The highest BCUT2D eigenvalue weighted by Crippen LogP contribution is 2.28. The van der Waals surface area contributed by atoms with Gasteiger partial charge in [0.1, 0.15) is 23.8 Å². The molecule has 6 aliphatic rings. The van der Waals surface area contributed by atoms with Crippen molar-refractivity contribution in [1.29, 1.82) is 0 Å². The minimum absolute atomic E-state index is 0.183. The normalized spacial score (nSPS) is 25.4. The zero-order valence-electron chi connectivity index (χ0n) is 36.0. The molecule has 0 saturated carbocycles. The molecule has 4 atom stereocenters. The van der Waals surface area contributed by atoms with E-state index in [9.17, 15) is 26.4 Å². The van der Waals surface area contributed by atoms with E-state index in [1.54, 1.807) is 72.6 Å². The molecule has 2 aromatic rings. The van der Waals surface area contributed by atoms with E-state index in [0.717, 1.165) is 49.9 Å². The number of amides is 2. The van der Waals surface area contributed by atoms with Gasteiger partial charge in [-0.3, -0.25) is 29.6 Å². The van der Waals surface area contributed by atoms with Crippen molar-refractivity contribution in [2.75, 3.05) is 80.5 Å². The van der Waals surface area contributed by atoms with Crippen molar-refractivity contribution in [1.82, 2.24) is 39.1 Å². The van der Waals surface area contributed by atoms with Crippen LogP contribution in [-0.4, -0.2) is 185 Å². The van der Waals surface area contributed by atoms with Gasteiger partial charge in [-0.2, -0.15) is 18.8 Å². The summed E-state index contributed by atoms with van der Waals surface area (Å²) in [6.45, 7) is 4.39. The molecular formula is C42H58N12O6S2. The molecule has 0 spiro atoms. The molecule has 8 rings (SSSR count). The maximum Gasteiger partial charge on any atom is 0.252 e. The number of nitrogens with zero attached hydrogens (tertiary/aromatic N) is 10. The van der Waals surface area contributed by atoms with E-state index in [4.69, 9.17) is 20.2 Å². The van der Waals surface area contributed by atoms with Crippen LogP contribution in [0.2, 0.25) is 0 Å². The van der Waals surface area contributed by atoms with Gasteiger partial charge in [-0.25, -0.2) is 16.8 Å². The number of likely N-dealkylation sites (N-methyl/N-ethyl adjacent to an activating group) is 4. The third-order valence-electron chi connectivity index (χ3n) is 12.7. The molecular weight excluding hydrogens is 833 g/mol. The molecule has 2 fully saturated rings. The Labute approximate surface area is 364 Å². The summed E-state index contributed by atoms with van der Waals surface area (Å²) in [5.74, 6) is 0.289. The highest BCUT2D eigenvalue weighted by atomic mass is 32.2. The molecule has 6 aliphatic heterocycles. The van der Waals surface area contributed by atoms with Crippen LogP contribution in [-0.2, 0) is 29.6 Å². The lowest BCUT2D eigenvalue weighted by molar-refractivity contribution is -0.125. The van der Waals surface area contributed by atoms with Crippen molar-refractivity contribution in [3.05, 3.63) is 59.7 Å². The number of aliphatic imine (C=N–C) groups is 2. The number of hydrazone groups is 2. The van der Waals surface area contributed by atoms with Gasteiger partial charge in [0.15, 0.2) is 12.1 Å². The van der Waals surface area contributed by atoms with E-state index in [1.165, 1.54) is 8.61 Å². The van der Waals surface area contributed by atoms with Crippen LogP contribution in [0.3, 0.4) is 0 Å². The molecule has 2 N–H and O–H groups in total. The average molecular weight is 891 g/mol. The van der Waals surface area contributed by atoms with Crippen LogP contribution in [0.5, 0.6) is 0 Å². The van der Waals surface area contributed by atoms with E-state index in [1.807, 2.05) is 14.1 Å². The van der Waals surface area contributed by atoms with Crippen LogP contribution < -0.4 is 10.6 Å². The minimum atomic E-state index is -3.69. The van der Waals surface area contributed by atoms with Gasteiger partial charge < -0.3 is 20.4 Å². The molecule has 2 amide bonds. The number of amidine groups is 2. The first-order valence-corrected chi connectivity index (χ1v) is 24.5. The Bertz CT molecular complexity index is 2220. The van der Waals surface area contributed by atoms with Crippen molar-refractivity contribution in [3.63, 3.8) is 0 Å². The van der Waals surface area contributed by atoms with E-state index >= 15 is 0 Å². The fourth-order valence-electron chi connectivity index (χ4n) is 9.03. The zero-order valence-corrected chi connectivity index (χ0v) is 37.6. The van der Waals surface area contributed by atoms with Crippen LogP contribution in [0.15, 0.2) is 78.5 Å². The summed E-state index contributed by atoms with van der Waals surface area (Å²) in [6.07, 6.45) is 7.22. The monoisotopic (exact) mass is 890 g/mol. The summed E-state index contributed by atoms with van der Waals surface area (Å²) < 4.78 is 56.9. The molecule has 2 aromatic carbocycles. The molecule has 18 nitrogen and oxygen atoms in total. The number of hydrogen-bond donors (Lipinski definition) is 2. The molecule has 334 valence electrons. The minimum Gasteiger partial charge on any atom is -0.309 e. The second kappa shape index (κ2) is 18.2. The molecule has 0 aliphatic carbocycles. The van der Waals surface area contributed by atoms with Gasteiger partial charge in [-0.15, -0.1) is 0 Å². The van der Waals surface area contributed by atoms with Crippen molar-refractivity contribution < 1.29 is 26.4 Å². The Morgan fingerprint density at radius 1 is 0.548 bits per heavy atom. The fourth-order valence-corrected chi connectivity index (χ4v) is 12.0. The summed E-state index contributed by atoms with van der Waals surface area (Å²) >= 11 is 0. The number of fused-ring (bicyclic) bond motifs is 2. The van der Waals surface area contributed by atoms with E-state index in [-0.39, 0.29) is 21.6 Å². The molecule has 20 heteroatoms. The Balaban J connectivity index is 0.822. The predicted molar refractivity (Wildman–Crippen MR) is 237 cm³/mol. The molecule has 0 aromatic heterocycles. The summed E-state index contributed by atoms with van der Waals surface area (Å²) in [6, 6.07) is 11.3. The van der Waals surface area contributed by atoms with Crippen LogP contribution in [0.4, 0.5) is 0 Å². The van der Waals surface area contributed by atoms with Gasteiger partial charge in [0.2, 0.25) is 20.0 Å². The first kappa shape index (κ1) is 44.0. The second-order valence-corrected chi connectivity index (χ2v) is 21.0. The van der Waals surface area contributed by atoms with Crippen LogP contribution in [0, 0.1) is 0 Å². The SMILES string of the molecule is CN1CCN(S(=O)(=O)c2cccc(C3=NC4C(CCCCCCCCC5=NN(C)C6C(=O)NC(c7cccc(S(=O)(=O)N8CCN(C)CC8)c7)=NC56)=NN(C)C4C(=O)N3)c2)CC1. The summed E-state index contributed by atoms with van der Waals surface area (Å²) in [5, 5.41) is 18.6. The first-order chi connectivity index (χ1) is 29.7. The summed E-state index contributed by atoms with van der Waals surface area (Å²) in [4.78, 5) is 41.1. The lowest BCUT2D eigenvalue weighted by atomic mass is 9.96. The maximum absolute atomic E-state index is 13.5. The van der Waals surface area contributed by atoms with Gasteiger partial charge in [0.05, 0.1) is 21.2 Å². The number of hydrogen-bond acceptors (Lipinski definition) is 14. The number of piperazine rings is 2. The molecule has 0 bridgehead atoms. The summed E-state index contributed by atoms with van der Waals surface area (Å²) in [5.41, 5.74) is 2.79. The Morgan fingerprint density at radius 2 is 0.919 bits per heavy atom. The van der Waals surface area contributed by atoms with Crippen LogP contribution in [0.1, 0.15) is 62.5 Å². The Kier molecular flexibility index (Phi) is 13.0. The average Bonchev–Trinajstić information content (AvgIpc) is 3.76. The third kappa shape index (κ3) is 9.08. The standard InChI is InChI=1S/C42H58N12O6S2/c1-49-19-23-53(24-20-49)61(57,58)31-15-11-13-29(27-31)39-43-35-33(47-51(3)37(35)41(55)45-39)17-9-7-5-6-8-10-18-34-36-38(52(4)48-34)42(56)46-40(44-36)30-14-12-16-32(28-30)62(59,60)54-25-21-50(2)22-26-54/h11-16,27-28,35-38H,5-10,17-26H2,1-4H3,(H,43,45,55)(H,44,46,56). The third-order valence-corrected chi connectivity index (χ3v) is 16.5. The van der Waals surface area contributed by atoms with Gasteiger partial charge in [-0.05, 0) is 64.0 Å². The van der Waals surface area contributed by atoms with Crippen molar-refractivity contribution >= 4 is 55.0 Å². The molecule has 0 radical (unpaired) electrons. The number of carbonyl (C=O) groups is 2. The predicted octanol–water partition coefficient (Wildman–Crippen LogP) is 1.21.